The van der Waals surface area contributed by atoms with Crippen LogP contribution in [0.15, 0.2) is 15.3 Å². The van der Waals surface area contributed by atoms with Crippen molar-refractivity contribution in [1.29, 1.82) is 0 Å². The minimum atomic E-state index is -1.28. The lowest BCUT2D eigenvalue weighted by Gasteiger charge is -2.20. The second-order valence-electron chi connectivity index (χ2n) is 7.34. The molecule has 0 saturated heterocycles. The number of hydrogen-bond acceptors (Lipinski definition) is 4. The van der Waals surface area contributed by atoms with E-state index in [1.165, 1.54) is 5.56 Å². The van der Waals surface area contributed by atoms with E-state index in [1.807, 2.05) is 18.4 Å². The molecule has 2 aromatic heterocycles. The maximum atomic E-state index is 12.2. The van der Waals surface area contributed by atoms with E-state index in [4.69, 9.17) is 21.7 Å². The molecule has 0 amide bonds. The molecule has 27 heavy (non-hydrogen) atoms. The van der Waals surface area contributed by atoms with E-state index in [0.29, 0.717) is 10.4 Å². The predicted octanol–water partition coefficient (Wildman–Crippen LogP) is 4.70. The van der Waals surface area contributed by atoms with Crippen molar-refractivity contribution in [3.8, 4) is 0 Å². The molecule has 1 unspecified atom stereocenters. The van der Waals surface area contributed by atoms with Gasteiger partial charge in [-0.15, -0.1) is 0 Å². The summed E-state index contributed by atoms with van der Waals surface area (Å²) in [5.41, 5.74) is 6.75. The number of aromatic nitrogens is 3. The van der Waals surface area contributed by atoms with Crippen molar-refractivity contribution in [1.82, 2.24) is 14.6 Å². The van der Waals surface area contributed by atoms with E-state index >= 15 is 0 Å². The normalized spacial score (nSPS) is 19.3. The van der Waals surface area contributed by atoms with E-state index < -0.39 is 10.8 Å². The summed E-state index contributed by atoms with van der Waals surface area (Å²) >= 11 is 6.42. The molecular weight excluding hydrogens is 380 g/mol. The minimum absolute atomic E-state index is 0.377. The highest BCUT2D eigenvalue weighted by atomic mass is 35.5. The molecule has 2 aliphatic rings. The molecule has 1 aliphatic carbocycles. The Balaban J connectivity index is 1.98. The molecule has 1 aliphatic heterocycles. The summed E-state index contributed by atoms with van der Waals surface area (Å²) in [7, 11) is -1.28. The third kappa shape index (κ3) is 2.93. The molecule has 5 nitrogen and oxygen atoms in total. The van der Waals surface area contributed by atoms with Crippen LogP contribution in [-0.2, 0) is 23.6 Å². The van der Waals surface area contributed by atoms with Crippen molar-refractivity contribution < 1.29 is 4.21 Å². The zero-order valence-electron chi connectivity index (χ0n) is 16.2. The van der Waals surface area contributed by atoms with Crippen molar-refractivity contribution in [2.45, 2.75) is 65.8 Å². The predicted molar refractivity (Wildman–Crippen MR) is 112 cm³/mol. The second kappa shape index (κ2) is 7.06. The van der Waals surface area contributed by atoms with Crippen molar-refractivity contribution in [3.63, 3.8) is 0 Å². The Morgan fingerprint density at radius 2 is 2.04 bits per heavy atom. The van der Waals surface area contributed by atoms with E-state index in [1.54, 1.807) is 5.41 Å². The highest BCUT2D eigenvalue weighted by molar-refractivity contribution is 7.94. The van der Waals surface area contributed by atoms with Crippen LogP contribution in [0.3, 0.4) is 0 Å². The average Bonchev–Trinajstić information content (AvgIpc) is 3.30. The summed E-state index contributed by atoms with van der Waals surface area (Å²) in [6.07, 6.45) is 5.25. The number of aryl methyl sites for hydroxylation is 2. The van der Waals surface area contributed by atoms with Crippen molar-refractivity contribution >= 4 is 39.4 Å². The fraction of sp³-hybridized carbons (Fsp3) is 0.500. The number of nitrogens with zero attached hydrogens (tertiary/aromatic N) is 3. The molecule has 0 aromatic carbocycles. The number of hydrogen-bond donors (Lipinski definition) is 1. The van der Waals surface area contributed by atoms with Crippen molar-refractivity contribution in [2.24, 2.45) is 0 Å². The lowest BCUT2D eigenvalue weighted by Crippen LogP contribution is -2.21. The summed E-state index contributed by atoms with van der Waals surface area (Å²) in [5.74, 6) is 1.06. The maximum Gasteiger partial charge on any atom is 0.165 e. The molecular formula is C20H25ClN4OS. The lowest BCUT2D eigenvalue weighted by molar-refractivity contribution is 0.661. The number of anilines is 1. The summed E-state index contributed by atoms with van der Waals surface area (Å²) < 4.78 is 14.5. The van der Waals surface area contributed by atoms with Crippen LogP contribution in [0.4, 0.5) is 5.82 Å². The summed E-state index contributed by atoms with van der Waals surface area (Å²) in [5, 5.41) is 10.2. The molecule has 2 aromatic rings. The van der Waals surface area contributed by atoms with Gasteiger partial charge in [0, 0.05) is 28.3 Å². The average molecular weight is 405 g/mol. The Labute approximate surface area is 167 Å². The SMILES string of the molecule is CCC(CC)Nc1c2c(nc3c(C4=C(Cl)S(=O)C=C4C)c(C)nn13)CCC2. The first-order valence-electron chi connectivity index (χ1n) is 9.63. The van der Waals surface area contributed by atoms with Gasteiger partial charge in [0.2, 0.25) is 0 Å². The maximum absolute atomic E-state index is 12.2. The van der Waals surface area contributed by atoms with Gasteiger partial charge in [0.25, 0.3) is 0 Å². The third-order valence-electron chi connectivity index (χ3n) is 5.59. The quantitative estimate of drug-likeness (QED) is 0.784. The van der Waals surface area contributed by atoms with E-state index in [2.05, 4.69) is 19.2 Å². The van der Waals surface area contributed by atoms with Gasteiger partial charge in [0.15, 0.2) is 5.65 Å². The van der Waals surface area contributed by atoms with Gasteiger partial charge in [-0.1, -0.05) is 25.4 Å². The van der Waals surface area contributed by atoms with Gasteiger partial charge in [-0.2, -0.15) is 9.61 Å². The fourth-order valence-corrected chi connectivity index (χ4v) is 5.47. The molecule has 1 atom stereocenters. The number of fused-ring (bicyclic) bond motifs is 2. The van der Waals surface area contributed by atoms with Gasteiger partial charge in [-0.05, 0) is 51.5 Å². The molecule has 144 valence electrons. The molecule has 3 heterocycles. The van der Waals surface area contributed by atoms with Crippen LogP contribution in [0.5, 0.6) is 0 Å². The number of rotatable bonds is 5. The largest absolute Gasteiger partial charge is 0.367 e. The molecule has 0 saturated carbocycles. The molecule has 0 bridgehead atoms. The first-order valence-corrected chi connectivity index (χ1v) is 11.2. The Morgan fingerprint density at radius 3 is 2.67 bits per heavy atom. The van der Waals surface area contributed by atoms with Crippen LogP contribution < -0.4 is 5.32 Å². The Hall–Kier alpha value is -1.66. The lowest BCUT2D eigenvalue weighted by atomic mass is 10.0. The van der Waals surface area contributed by atoms with Crippen LogP contribution in [0.1, 0.15) is 62.5 Å². The zero-order valence-corrected chi connectivity index (χ0v) is 17.8. The standard InChI is InChI=1S/C20H25ClN4OS/c1-5-13(6-2)22-19-14-8-7-9-15(14)23-20-17(12(4)24-25(19)20)16-11(3)10-27(26)18(16)21/h10,13,22H,5-9H2,1-4H3. The monoisotopic (exact) mass is 404 g/mol. The van der Waals surface area contributed by atoms with E-state index in [9.17, 15) is 4.21 Å². The van der Waals surface area contributed by atoms with Crippen LogP contribution in [-0.4, -0.2) is 24.8 Å². The fourth-order valence-electron chi connectivity index (χ4n) is 4.09. The molecule has 4 rings (SSSR count). The van der Waals surface area contributed by atoms with Gasteiger partial charge in [-0.3, -0.25) is 0 Å². The van der Waals surface area contributed by atoms with Crippen LogP contribution in [0.25, 0.3) is 11.2 Å². The molecule has 1 N–H and O–H groups in total. The molecule has 0 spiro atoms. The Bertz CT molecular complexity index is 1020. The van der Waals surface area contributed by atoms with Gasteiger partial charge in [0.1, 0.15) is 10.2 Å². The third-order valence-corrected chi connectivity index (χ3v) is 7.36. The van der Waals surface area contributed by atoms with Crippen molar-refractivity contribution in [2.75, 3.05) is 5.32 Å². The second-order valence-corrected chi connectivity index (χ2v) is 9.18. The first-order chi connectivity index (χ1) is 13.0. The topological polar surface area (TPSA) is 59.3 Å². The van der Waals surface area contributed by atoms with Gasteiger partial charge in [0.05, 0.1) is 22.1 Å². The Morgan fingerprint density at radius 1 is 1.30 bits per heavy atom. The van der Waals surface area contributed by atoms with E-state index in [-0.39, 0.29) is 0 Å². The number of halogens is 1. The number of allylic oxidation sites excluding steroid dienone is 2. The summed E-state index contributed by atoms with van der Waals surface area (Å²) in [6.45, 7) is 8.32. The zero-order chi connectivity index (χ0) is 19.3. The molecule has 7 heteroatoms. The number of nitrogens with one attached hydrogen (secondary N) is 1. The van der Waals surface area contributed by atoms with Crippen molar-refractivity contribution in [3.05, 3.63) is 37.9 Å². The Kier molecular flexibility index (Phi) is 4.89. The molecule has 0 radical (unpaired) electrons. The van der Waals surface area contributed by atoms with Crippen LogP contribution in [0, 0.1) is 6.92 Å². The summed E-state index contributed by atoms with van der Waals surface area (Å²) in [4.78, 5) is 4.98. The summed E-state index contributed by atoms with van der Waals surface area (Å²) in [6, 6.07) is 0.400. The first kappa shape index (κ1) is 18.7. The van der Waals surface area contributed by atoms with Crippen LogP contribution in [0.2, 0.25) is 0 Å². The van der Waals surface area contributed by atoms with E-state index in [0.717, 1.165) is 71.7 Å². The minimum Gasteiger partial charge on any atom is -0.367 e. The highest BCUT2D eigenvalue weighted by Crippen LogP contribution is 2.41. The highest BCUT2D eigenvalue weighted by Gasteiger charge is 2.29. The van der Waals surface area contributed by atoms with Crippen LogP contribution >= 0.6 is 11.6 Å². The van der Waals surface area contributed by atoms with Gasteiger partial charge >= 0.3 is 0 Å². The molecule has 0 fully saturated rings. The van der Waals surface area contributed by atoms with Gasteiger partial charge in [-0.25, -0.2) is 9.19 Å². The smallest absolute Gasteiger partial charge is 0.165 e. The van der Waals surface area contributed by atoms with Gasteiger partial charge < -0.3 is 5.32 Å².